The maximum Gasteiger partial charge on any atom is 0.166 e. The Morgan fingerprint density at radius 1 is 0.824 bits per heavy atom. The zero-order valence-corrected chi connectivity index (χ0v) is 21.0. The van der Waals surface area contributed by atoms with Crippen LogP contribution >= 0.6 is 0 Å². The largest absolute Gasteiger partial charge is 0.512 e. The Morgan fingerprint density at radius 2 is 1.47 bits per heavy atom. The van der Waals surface area contributed by atoms with Crippen LogP contribution in [0.2, 0.25) is 0 Å². The second-order valence-corrected chi connectivity index (χ2v) is 11.2. The smallest absolute Gasteiger partial charge is 0.166 e. The lowest BCUT2D eigenvalue weighted by Crippen LogP contribution is -2.32. The van der Waals surface area contributed by atoms with E-state index in [2.05, 4.69) is 9.89 Å². The van der Waals surface area contributed by atoms with Crippen molar-refractivity contribution in [1.82, 2.24) is 4.90 Å². The third kappa shape index (κ3) is 6.87. The predicted octanol–water partition coefficient (Wildman–Crippen LogP) is 5.07. The van der Waals surface area contributed by atoms with Crippen molar-refractivity contribution in [3.05, 3.63) is 47.3 Å². The number of hydrogen-bond acceptors (Lipinski definition) is 6. The first kappa shape index (κ1) is 25.9. The van der Waals surface area contributed by atoms with Crippen LogP contribution in [0.15, 0.2) is 52.3 Å². The molecule has 0 unspecified atom stereocenters. The number of rotatable bonds is 3. The van der Waals surface area contributed by atoms with Gasteiger partial charge >= 0.3 is 0 Å². The molecule has 4 aliphatic rings. The van der Waals surface area contributed by atoms with Gasteiger partial charge in [0.2, 0.25) is 0 Å². The third-order valence-corrected chi connectivity index (χ3v) is 6.63. The summed E-state index contributed by atoms with van der Waals surface area (Å²) in [7, 11) is 0. The summed E-state index contributed by atoms with van der Waals surface area (Å²) in [5.74, 6) is 1.17. The van der Waals surface area contributed by atoms with Crippen LogP contribution in [0.3, 0.4) is 0 Å². The molecular formula is C28H38N2O4. The van der Waals surface area contributed by atoms with Gasteiger partial charge in [0.05, 0.1) is 23.5 Å². The highest BCUT2D eigenvalue weighted by Gasteiger charge is 2.35. The molecule has 34 heavy (non-hydrogen) atoms. The predicted molar refractivity (Wildman–Crippen MR) is 135 cm³/mol. The molecular weight excluding hydrogens is 428 g/mol. The molecule has 2 fully saturated rings. The molecule has 1 saturated heterocycles. The number of carbonyl (C=O) groups is 3. The minimum Gasteiger partial charge on any atom is -0.512 e. The number of carbonyl (C=O) groups excluding carboxylic acids is 3. The zero-order valence-electron chi connectivity index (χ0n) is 21.0. The summed E-state index contributed by atoms with van der Waals surface area (Å²) >= 11 is 0. The molecule has 0 amide bonds. The van der Waals surface area contributed by atoms with Crippen LogP contribution in [0, 0.1) is 10.8 Å². The molecule has 1 saturated carbocycles. The van der Waals surface area contributed by atoms with E-state index in [4.69, 9.17) is 0 Å². The molecule has 0 aromatic carbocycles. The molecule has 0 aromatic heterocycles. The van der Waals surface area contributed by atoms with E-state index in [-0.39, 0.29) is 39.5 Å². The second-order valence-electron chi connectivity index (χ2n) is 11.2. The van der Waals surface area contributed by atoms with E-state index < -0.39 is 0 Å². The van der Waals surface area contributed by atoms with Gasteiger partial charge in [-0.2, -0.15) is 0 Å². The van der Waals surface area contributed by atoms with Gasteiger partial charge < -0.3 is 10.0 Å². The quantitative estimate of drug-likeness (QED) is 0.356. The van der Waals surface area contributed by atoms with E-state index in [0.29, 0.717) is 31.3 Å². The fourth-order valence-electron chi connectivity index (χ4n) is 4.91. The standard InChI is InChI=1S/C21H26O4.C7H12N2/c1-20(2)10-16(22)14(17(23)11-20)8-6-5-7-9-15-18(24)12-21(3,4)13-19(15)25;1-2-5-9-6-4-8-7(9)3-1/h5-9,22H,10-13H2,1-4H3;1-6H2/b7-5+,8-6+;. The van der Waals surface area contributed by atoms with Gasteiger partial charge in [-0.05, 0) is 35.8 Å². The van der Waals surface area contributed by atoms with Crippen molar-refractivity contribution < 1.29 is 19.5 Å². The van der Waals surface area contributed by atoms with Crippen LogP contribution in [0.1, 0.15) is 72.6 Å². The van der Waals surface area contributed by atoms with Gasteiger partial charge in [0.25, 0.3) is 0 Å². The summed E-state index contributed by atoms with van der Waals surface area (Å²) in [5.41, 5.74) is 0.0902. The summed E-state index contributed by atoms with van der Waals surface area (Å²) < 4.78 is 0. The van der Waals surface area contributed by atoms with E-state index in [9.17, 15) is 19.5 Å². The number of ketones is 3. The molecule has 6 nitrogen and oxygen atoms in total. The van der Waals surface area contributed by atoms with Crippen LogP contribution in [0.4, 0.5) is 0 Å². The van der Waals surface area contributed by atoms with Crippen molar-refractivity contribution in [3.63, 3.8) is 0 Å². The Bertz CT molecular complexity index is 970. The van der Waals surface area contributed by atoms with E-state index in [0.717, 1.165) is 6.54 Å². The lowest BCUT2D eigenvalue weighted by Gasteiger charge is -2.28. The fourth-order valence-corrected chi connectivity index (χ4v) is 4.91. The van der Waals surface area contributed by atoms with Crippen molar-refractivity contribution in [2.75, 3.05) is 19.6 Å². The van der Waals surface area contributed by atoms with Gasteiger partial charge in [0.15, 0.2) is 17.3 Å². The normalized spacial score (nSPS) is 24.4. The Labute approximate surface area is 203 Å². The second kappa shape index (κ2) is 10.7. The third-order valence-electron chi connectivity index (χ3n) is 6.63. The lowest BCUT2D eigenvalue weighted by molar-refractivity contribution is -0.127. The van der Waals surface area contributed by atoms with Crippen molar-refractivity contribution in [1.29, 1.82) is 0 Å². The molecule has 6 heteroatoms. The van der Waals surface area contributed by atoms with Crippen molar-refractivity contribution in [3.8, 4) is 0 Å². The Balaban J connectivity index is 0.000000296. The summed E-state index contributed by atoms with van der Waals surface area (Å²) in [6.07, 6.45) is 13.6. The minimum absolute atomic E-state index is 0.0726. The molecule has 184 valence electrons. The molecule has 1 N–H and O–H groups in total. The van der Waals surface area contributed by atoms with Gasteiger partial charge in [0.1, 0.15) is 5.76 Å². The molecule has 0 spiro atoms. The monoisotopic (exact) mass is 466 g/mol. The minimum atomic E-state index is -0.270. The first-order valence-electron chi connectivity index (χ1n) is 12.3. The van der Waals surface area contributed by atoms with Crippen molar-refractivity contribution in [2.24, 2.45) is 15.8 Å². The highest BCUT2D eigenvalue weighted by Crippen LogP contribution is 2.36. The number of fused-ring (bicyclic) bond motifs is 1. The molecule has 0 bridgehead atoms. The average Bonchev–Trinajstić information content (AvgIpc) is 3.19. The Kier molecular flexibility index (Phi) is 8.11. The summed E-state index contributed by atoms with van der Waals surface area (Å²) in [6, 6.07) is 0. The summed E-state index contributed by atoms with van der Waals surface area (Å²) in [6.45, 7) is 11.2. The fraction of sp³-hybridized carbons (Fsp3) is 0.571. The maximum absolute atomic E-state index is 12.1. The van der Waals surface area contributed by atoms with Gasteiger partial charge in [-0.15, -0.1) is 0 Å². The van der Waals surface area contributed by atoms with Gasteiger partial charge in [-0.25, -0.2) is 0 Å². The van der Waals surface area contributed by atoms with Crippen molar-refractivity contribution >= 4 is 23.2 Å². The number of aliphatic imine (C=N–C) groups is 1. The number of amidine groups is 1. The molecule has 0 radical (unpaired) electrons. The van der Waals surface area contributed by atoms with E-state index in [1.54, 1.807) is 24.3 Å². The van der Waals surface area contributed by atoms with Crippen LogP contribution < -0.4 is 0 Å². The van der Waals surface area contributed by atoms with E-state index >= 15 is 0 Å². The number of nitrogens with zero attached hydrogens (tertiary/aromatic N) is 2. The molecule has 0 atom stereocenters. The summed E-state index contributed by atoms with van der Waals surface area (Å²) in [4.78, 5) is 43.0. The van der Waals surface area contributed by atoms with Gasteiger partial charge in [-0.3, -0.25) is 19.4 Å². The Morgan fingerprint density at radius 3 is 2.12 bits per heavy atom. The first-order chi connectivity index (χ1) is 16.0. The number of hydrogen-bond donors (Lipinski definition) is 1. The average molecular weight is 467 g/mol. The van der Waals surface area contributed by atoms with Crippen molar-refractivity contribution in [2.45, 2.75) is 72.6 Å². The highest BCUT2D eigenvalue weighted by atomic mass is 16.3. The number of Topliss-reactive ketones (excluding diaryl/α,β-unsaturated/α-hetero) is 3. The lowest BCUT2D eigenvalue weighted by atomic mass is 9.74. The van der Waals surface area contributed by atoms with Gasteiger partial charge in [0, 0.05) is 45.2 Å². The number of aliphatic hydroxyl groups excluding tert-OH is 1. The first-order valence-corrected chi connectivity index (χ1v) is 12.3. The molecule has 0 aromatic rings. The highest BCUT2D eigenvalue weighted by molar-refractivity contribution is 6.22. The maximum atomic E-state index is 12.1. The molecule has 2 aliphatic heterocycles. The van der Waals surface area contributed by atoms with Gasteiger partial charge in [-0.1, -0.05) is 45.9 Å². The van der Waals surface area contributed by atoms with Crippen LogP contribution in [-0.4, -0.2) is 52.8 Å². The van der Waals surface area contributed by atoms with Crippen LogP contribution in [-0.2, 0) is 14.4 Å². The molecule has 4 rings (SSSR count). The number of aliphatic hydroxyl groups is 1. The number of piperidine rings is 1. The Hall–Kier alpha value is -2.76. The van der Waals surface area contributed by atoms with Crippen LogP contribution in [0.5, 0.6) is 0 Å². The van der Waals surface area contributed by atoms with Crippen LogP contribution in [0.25, 0.3) is 0 Å². The SMILES string of the molecule is C1CCN2CCN=C2C1.CC1(C)CC(=O)C(=C/C=C/C=C/C2=C(O)CC(C)(C)CC2=O)C(=O)C1. The number of allylic oxidation sites excluding steroid dienone is 8. The molecule has 2 aliphatic carbocycles. The molecule has 2 heterocycles. The summed E-state index contributed by atoms with van der Waals surface area (Å²) in [5, 5.41) is 10.0. The van der Waals surface area contributed by atoms with E-state index in [1.165, 1.54) is 44.3 Å². The zero-order chi connectivity index (χ0) is 24.9. The van der Waals surface area contributed by atoms with E-state index in [1.807, 2.05) is 27.7 Å². The topological polar surface area (TPSA) is 87.0 Å².